The van der Waals surface area contributed by atoms with Gasteiger partial charge in [0.1, 0.15) is 6.33 Å². The molecule has 0 aliphatic carbocycles. The maximum absolute atomic E-state index is 13.5. The molecule has 0 spiro atoms. The summed E-state index contributed by atoms with van der Waals surface area (Å²) in [5.41, 5.74) is -0.620. The molecule has 1 aromatic heterocycles. The molecule has 23 heavy (non-hydrogen) atoms. The van der Waals surface area contributed by atoms with Gasteiger partial charge in [-0.1, -0.05) is 29.8 Å². The monoisotopic (exact) mass is 345 g/mol. The third-order valence-corrected chi connectivity index (χ3v) is 3.42. The second-order valence-electron chi connectivity index (χ2n) is 4.42. The Bertz CT molecular complexity index is 697. The van der Waals surface area contributed by atoms with Crippen LogP contribution in [0.25, 0.3) is 0 Å². The van der Waals surface area contributed by atoms with Gasteiger partial charge in [0.25, 0.3) is 10.9 Å². The number of carbonyl (C=O) groups is 1. The standard InChI is InChI=1S/C14H11ClF3N3O2/c1-23-11-7-10(19-8-20-11)13(15,14(16,17)18)21-12(22)9-5-3-2-4-6-9/h2-8H,1H3,(H,21,22). The Hall–Kier alpha value is -2.35. The van der Waals surface area contributed by atoms with Crippen LogP contribution in [0, 0.1) is 0 Å². The van der Waals surface area contributed by atoms with E-state index in [0.717, 1.165) is 12.4 Å². The smallest absolute Gasteiger partial charge is 0.431 e. The van der Waals surface area contributed by atoms with Crippen LogP contribution >= 0.6 is 11.6 Å². The summed E-state index contributed by atoms with van der Waals surface area (Å²) in [6.45, 7) is 0. The molecular weight excluding hydrogens is 335 g/mol. The fourth-order valence-corrected chi connectivity index (χ4v) is 1.93. The van der Waals surface area contributed by atoms with Crippen LogP contribution in [0.4, 0.5) is 13.2 Å². The molecule has 1 N–H and O–H groups in total. The van der Waals surface area contributed by atoms with Gasteiger partial charge in [0.05, 0.1) is 12.8 Å². The van der Waals surface area contributed by atoms with Crippen LogP contribution in [0.2, 0.25) is 0 Å². The highest BCUT2D eigenvalue weighted by atomic mass is 35.5. The van der Waals surface area contributed by atoms with E-state index in [1.807, 2.05) is 0 Å². The number of benzene rings is 1. The average Bonchev–Trinajstić information content (AvgIpc) is 2.54. The van der Waals surface area contributed by atoms with Crippen LogP contribution in [0.3, 0.4) is 0 Å². The van der Waals surface area contributed by atoms with E-state index in [1.54, 1.807) is 11.4 Å². The number of nitrogens with one attached hydrogen (secondary N) is 1. The number of methoxy groups -OCH3 is 1. The third kappa shape index (κ3) is 3.53. The van der Waals surface area contributed by atoms with Crippen molar-refractivity contribution in [3.05, 3.63) is 54.0 Å². The number of rotatable bonds is 4. The molecule has 2 aromatic rings. The van der Waals surface area contributed by atoms with E-state index in [4.69, 9.17) is 16.3 Å². The molecule has 0 bridgehead atoms. The summed E-state index contributed by atoms with van der Waals surface area (Å²) in [5, 5.41) is 1.77. The molecular formula is C14H11ClF3N3O2. The lowest BCUT2D eigenvalue weighted by Crippen LogP contribution is -2.52. The minimum atomic E-state index is -5.00. The number of halogens is 4. The Labute approximate surface area is 134 Å². The van der Waals surface area contributed by atoms with E-state index in [0.29, 0.717) is 0 Å². The molecule has 1 unspecified atom stereocenters. The highest BCUT2D eigenvalue weighted by Gasteiger charge is 2.57. The Morgan fingerprint density at radius 1 is 1.22 bits per heavy atom. The second-order valence-corrected chi connectivity index (χ2v) is 4.99. The van der Waals surface area contributed by atoms with Gasteiger partial charge in [-0.2, -0.15) is 13.2 Å². The summed E-state index contributed by atoms with van der Waals surface area (Å²) in [6.07, 6.45) is -4.13. The fraction of sp³-hybridized carbons (Fsp3) is 0.214. The summed E-state index contributed by atoms with van der Waals surface area (Å²) in [7, 11) is 1.23. The number of ether oxygens (including phenoxy) is 1. The zero-order chi connectivity index (χ0) is 17.1. The van der Waals surface area contributed by atoms with E-state index in [9.17, 15) is 18.0 Å². The Morgan fingerprint density at radius 3 is 2.43 bits per heavy atom. The van der Waals surface area contributed by atoms with Gasteiger partial charge in [0, 0.05) is 11.6 Å². The van der Waals surface area contributed by atoms with Gasteiger partial charge < -0.3 is 10.1 Å². The van der Waals surface area contributed by atoms with Crippen LogP contribution in [-0.2, 0) is 5.00 Å². The first-order valence-electron chi connectivity index (χ1n) is 6.27. The SMILES string of the molecule is COc1cc(C(Cl)(NC(=O)c2ccccc2)C(F)(F)F)ncn1. The maximum Gasteiger partial charge on any atom is 0.431 e. The molecule has 0 radical (unpaired) electrons. The van der Waals surface area contributed by atoms with Crippen LogP contribution in [0.1, 0.15) is 16.1 Å². The first-order chi connectivity index (χ1) is 10.8. The van der Waals surface area contributed by atoms with Crippen molar-refractivity contribution in [1.82, 2.24) is 15.3 Å². The number of amides is 1. The van der Waals surface area contributed by atoms with Crippen molar-refractivity contribution < 1.29 is 22.7 Å². The van der Waals surface area contributed by atoms with E-state index >= 15 is 0 Å². The lowest BCUT2D eigenvalue weighted by atomic mass is 10.1. The molecule has 0 fully saturated rings. The van der Waals surface area contributed by atoms with E-state index in [2.05, 4.69) is 9.97 Å². The second kappa shape index (κ2) is 6.41. The van der Waals surface area contributed by atoms with Gasteiger partial charge in [-0.3, -0.25) is 4.79 Å². The summed E-state index contributed by atoms with van der Waals surface area (Å²) in [6, 6.07) is 8.31. The number of carbonyl (C=O) groups excluding carboxylic acids is 1. The summed E-state index contributed by atoms with van der Waals surface area (Å²) in [5.74, 6) is -1.10. The number of alkyl halides is 4. The highest BCUT2D eigenvalue weighted by Crippen LogP contribution is 2.42. The third-order valence-electron chi connectivity index (χ3n) is 2.92. The van der Waals surface area contributed by atoms with Crippen molar-refractivity contribution in [2.75, 3.05) is 7.11 Å². The molecule has 1 amide bonds. The van der Waals surface area contributed by atoms with Gasteiger partial charge in [-0.25, -0.2) is 9.97 Å². The Kier molecular flexibility index (Phi) is 4.74. The zero-order valence-electron chi connectivity index (χ0n) is 11.8. The van der Waals surface area contributed by atoms with Crippen molar-refractivity contribution in [2.45, 2.75) is 11.2 Å². The van der Waals surface area contributed by atoms with Gasteiger partial charge in [-0.15, -0.1) is 0 Å². The topological polar surface area (TPSA) is 64.1 Å². The summed E-state index contributed by atoms with van der Waals surface area (Å²) >= 11 is 5.71. The molecule has 122 valence electrons. The number of aromatic nitrogens is 2. The normalized spacial score (nSPS) is 14.0. The molecule has 2 rings (SSSR count). The van der Waals surface area contributed by atoms with Gasteiger partial charge in [0.2, 0.25) is 5.88 Å². The number of hydrogen-bond donors (Lipinski definition) is 1. The Balaban J connectivity index is 2.42. The van der Waals surface area contributed by atoms with Crippen molar-refractivity contribution in [2.24, 2.45) is 0 Å². The Morgan fingerprint density at radius 2 is 1.87 bits per heavy atom. The van der Waals surface area contributed by atoms with Crippen molar-refractivity contribution in [1.29, 1.82) is 0 Å². The molecule has 0 aliphatic heterocycles. The van der Waals surface area contributed by atoms with Crippen molar-refractivity contribution >= 4 is 17.5 Å². The van der Waals surface area contributed by atoms with Crippen LogP contribution in [0.15, 0.2) is 42.7 Å². The lowest BCUT2D eigenvalue weighted by molar-refractivity contribution is -0.171. The first kappa shape index (κ1) is 17.0. The van der Waals surface area contributed by atoms with Crippen LogP contribution in [-0.4, -0.2) is 29.2 Å². The molecule has 1 heterocycles. The van der Waals surface area contributed by atoms with Crippen molar-refractivity contribution in [3.8, 4) is 5.88 Å². The molecule has 0 saturated heterocycles. The van der Waals surface area contributed by atoms with Crippen LogP contribution in [0.5, 0.6) is 5.88 Å². The lowest BCUT2D eigenvalue weighted by Gasteiger charge is -2.30. The molecule has 5 nitrogen and oxygen atoms in total. The quantitative estimate of drug-likeness (QED) is 0.683. The zero-order valence-corrected chi connectivity index (χ0v) is 12.5. The fourth-order valence-electron chi connectivity index (χ4n) is 1.74. The predicted octanol–water partition coefficient (Wildman–Crippen LogP) is 2.87. The van der Waals surface area contributed by atoms with Gasteiger partial charge >= 0.3 is 6.18 Å². The van der Waals surface area contributed by atoms with E-state index in [1.165, 1.54) is 31.4 Å². The van der Waals surface area contributed by atoms with Crippen molar-refractivity contribution in [3.63, 3.8) is 0 Å². The minimum Gasteiger partial charge on any atom is -0.481 e. The molecule has 9 heteroatoms. The molecule has 0 aliphatic rings. The first-order valence-corrected chi connectivity index (χ1v) is 6.65. The largest absolute Gasteiger partial charge is 0.481 e. The number of hydrogen-bond acceptors (Lipinski definition) is 4. The number of nitrogens with zero attached hydrogens (tertiary/aromatic N) is 2. The maximum atomic E-state index is 13.5. The highest BCUT2D eigenvalue weighted by molar-refractivity contribution is 6.25. The van der Waals surface area contributed by atoms with Crippen LogP contribution < -0.4 is 10.1 Å². The summed E-state index contributed by atoms with van der Waals surface area (Å²) < 4.78 is 45.1. The average molecular weight is 346 g/mol. The molecule has 1 atom stereocenters. The van der Waals surface area contributed by atoms with Gasteiger partial charge in [0.15, 0.2) is 0 Å². The predicted molar refractivity (Wildman–Crippen MR) is 76.1 cm³/mol. The minimum absolute atomic E-state index is 0.0304. The molecule has 1 aromatic carbocycles. The van der Waals surface area contributed by atoms with Gasteiger partial charge in [-0.05, 0) is 12.1 Å². The summed E-state index contributed by atoms with van der Waals surface area (Å²) in [4.78, 5) is 16.0. The molecule has 0 saturated carbocycles. The van der Waals surface area contributed by atoms with E-state index in [-0.39, 0.29) is 11.4 Å². The van der Waals surface area contributed by atoms with E-state index < -0.39 is 22.8 Å².